The molecule has 1 N–H and O–H groups in total. The quantitative estimate of drug-likeness (QED) is 0.727. The normalized spacial score (nSPS) is 12.9. The largest absolute Gasteiger partial charge is 0.481 e. The second kappa shape index (κ2) is 8.62. The Balaban J connectivity index is 1.95. The van der Waals surface area contributed by atoms with E-state index in [1.54, 1.807) is 6.92 Å². The summed E-state index contributed by atoms with van der Waals surface area (Å²) in [4.78, 5) is 12.4. The Morgan fingerprint density at radius 1 is 1.15 bits per heavy atom. The fourth-order valence-electron chi connectivity index (χ4n) is 2.59. The molecule has 1 heterocycles. The van der Waals surface area contributed by atoms with Gasteiger partial charge in [-0.3, -0.25) is 10.1 Å². The minimum absolute atomic E-state index is 0.0892. The van der Waals surface area contributed by atoms with Gasteiger partial charge in [0.05, 0.1) is 0 Å². The van der Waals surface area contributed by atoms with E-state index in [0.29, 0.717) is 16.8 Å². The van der Waals surface area contributed by atoms with E-state index in [-0.39, 0.29) is 11.3 Å². The summed E-state index contributed by atoms with van der Waals surface area (Å²) in [6.07, 6.45) is 1.42. The summed E-state index contributed by atoms with van der Waals surface area (Å²) >= 11 is 1.44. The van der Waals surface area contributed by atoms with E-state index in [2.05, 4.69) is 50.1 Å². The van der Waals surface area contributed by atoms with Crippen molar-refractivity contribution in [3.8, 4) is 5.75 Å². The third kappa shape index (κ3) is 5.27. The number of aromatic nitrogens is 2. The molecule has 0 aliphatic heterocycles. The van der Waals surface area contributed by atoms with Crippen LogP contribution in [0.4, 0.5) is 5.13 Å². The van der Waals surface area contributed by atoms with Crippen LogP contribution in [0.3, 0.4) is 0 Å². The van der Waals surface area contributed by atoms with Crippen LogP contribution in [0.15, 0.2) is 24.3 Å². The molecular formula is C20H29N3O2S. The van der Waals surface area contributed by atoms with Gasteiger partial charge in [-0.2, -0.15) is 0 Å². The van der Waals surface area contributed by atoms with E-state index in [4.69, 9.17) is 4.74 Å². The summed E-state index contributed by atoms with van der Waals surface area (Å²) in [6, 6.07) is 7.88. The van der Waals surface area contributed by atoms with Crippen molar-refractivity contribution in [2.75, 3.05) is 5.32 Å². The molecule has 1 aromatic carbocycles. The number of carbonyl (C=O) groups excluding carboxylic acids is 1. The minimum atomic E-state index is -0.615. The molecular weight excluding hydrogens is 346 g/mol. The summed E-state index contributed by atoms with van der Waals surface area (Å²) in [7, 11) is 0. The zero-order valence-corrected chi connectivity index (χ0v) is 17.3. The van der Waals surface area contributed by atoms with E-state index in [9.17, 15) is 4.79 Å². The van der Waals surface area contributed by atoms with Crippen LogP contribution in [0.1, 0.15) is 70.9 Å². The number of nitrogens with zero attached hydrogens (tertiary/aromatic N) is 2. The molecule has 0 aliphatic carbocycles. The maximum atomic E-state index is 12.4. The lowest BCUT2D eigenvalue weighted by molar-refractivity contribution is -0.122. The molecule has 5 nitrogen and oxygen atoms in total. The molecule has 142 valence electrons. The van der Waals surface area contributed by atoms with Crippen LogP contribution >= 0.6 is 11.3 Å². The first-order valence-electron chi connectivity index (χ1n) is 9.16. The average molecular weight is 376 g/mol. The molecule has 1 aromatic heterocycles. The predicted molar refractivity (Wildman–Crippen MR) is 107 cm³/mol. The van der Waals surface area contributed by atoms with E-state index >= 15 is 0 Å². The van der Waals surface area contributed by atoms with Gasteiger partial charge in [-0.05, 0) is 42.9 Å². The van der Waals surface area contributed by atoms with Crippen molar-refractivity contribution < 1.29 is 9.53 Å². The van der Waals surface area contributed by atoms with Gasteiger partial charge in [0, 0.05) is 5.92 Å². The lowest BCUT2D eigenvalue weighted by Crippen LogP contribution is -2.30. The highest BCUT2D eigenvalue weighted by Crippen LogP contribution is 2.28. The first kappa shape index (κ1) is 20.4. The van der Waals surface area contributed by atoms with Crippen molar-refractivity contribution in [2.45, 2.75) is 71.8 Å². The Hall–Kier alpha value is -1.95. The van der Waals surface area contributed by atoms with Gasteiger partial charge < -0.3 is 4.74 Å². The summed E-state index contributed by atoms with van der Waals surface area (Å²) in [5, 5.41) is 12.6. The lowest BCUT2D eigenvalue weighted by atomic mass is 9.87. The second-order valence-corrected chi connectivity index (χ2v) is 8.49. The SMILES string of the molecule is CCC(CC)c1nnc(NC(=O)C(C)Oc2ccc(C(C)(C)C)cc2)s1. The summed E-state index contributed by atoms with van der Waals surface area (Å²) < 4.78 is 5.76. The van der Waals surface area contributed by atoms with Gasteiger partial charge in [-0.15, -0.1) is 10.2 Å². The standard InChI is InChI=1S/C20H29N3O2S/c1-7-14(8-2)18-22-23-19(26-18)21-17(24)13(3)25-16-11-9-15(10-12-16)20(4,5)6/h9-14H,7-8H2,1-6H3,(H,21,23,24). The molecule has 2 rings (SSSR count). The van der Waals surface area contributed by atoms with Crippen LogP contribution in [-0.4, -0.2) is 22.2 Å². The number of nitrogens with one attached hydrogen (secondary N) is 1. The molecule has 0 aliphatic rings. The van der Waals surface area contributed by atoms with E-state index in [1.165, 1.54) is 16.9 Å². The number of rotatable bonds is 7. The van der Waals surface area contributed by atoms with Gasteiger partial charge in [-0.1, -0.05) is 58.1 Å². The number of amides is 1. The predicted octanol–water partition coefficient (Wildman–Crippen LogP) is 5.15. The number of ether oxygens (including phenoxy) is 1. The van der Waals surface area contributed by atoms with Crippen LogP contribution < -0.4 is 10.1 Å². The summed E-state index contributed by atoms with van der Waals surface area (Å²) in [5.74, 6) is 0.848. The molecule has 2 aromatic rings. The van der Waals surface area contributed by atoms with Gasteiger partial charge in [0.2, 0.25) is 5.13 Å². The van der Waals surface area contributed by atoms with Crippen LogP contribution in [0, 0.1) is 0 Å². The first-order valence-corrected chi connectivity index (χ1v) is 9.97. The van der Waals surface area contributed by atoms with E-state index in [1.807, 2.05) is 24.3 Å². The highest BCUT2D eigenvalue weighted by Gasteiger charge is 2.19. The Kier molecular flexibility index (Phi) is 6.75. The topological polar surface area (TPSA) is 64.1 Å². The Bertz CT molecular complexity index is 715. The van der Waals surface area contributed by atoms with Crippen molar-refractivity contribution in [1.82, 2.24) is 10.2 Å². The van der Waals surface area contributed by atoms with Gasteiger partial charge in [-0.25, -0.2) is 0 Å². The van der Waals surface area contributed by atoms with Crippen molar-refractivity contribution in [2.24, 2.45) is 0 Å². The monoisotopic (exact) mass is 375 g/mol. The van der Waals surface area contributed by atoms with Crippen LogP contribution in [0.2, 0.25) is 0 Å². The van der Waals surface area contributed by atoms with Gasteiger partial charge >= 0.3 is 0 Å². The summed E-state index contributed by atoms with van der Waals surface area (Å²) in [5.41, 5.74) is 1.32. The molecule has 26 heavy (non-hydrogen) atoms. The molecule has 0 bridgehead atoms. The Morgan fingerprint density at radius 2 is 1.77 bits per heavy atom. The van der Waals surface area contributed by atoms with Crippen LogP contribution in [-0.2, 0) is 10.2 Å². The van der Waals surface area contributed by atoms with Gasteiger partial charge in [0.15, 0.2) is 6.10 Å². The number of benzene rings is 1. The molecule has 0 fully saturated rings. The lowest BCUT2D eigenvalue weighted by Gasteiger charge is -2.20. The second-order valence-electron chi connectivity index (χ2n) is 7.48. The molecule has 1 atom stereocenters. The first-order chi connectivity index (χ1) is 12.2. The zero-order chi connectivity index (χ0) is 19.3. The Morgan fingerprint density at radius 3 is 2.31 bits per heavy atom. The molecule has 6 heteroatoms. The molecule has 0 saturated carbocycles. The highest BCUT2D eigenvalue weighted by atomic mass is 32.1. The smallest absolute Gasteiger partial charge is 0.266 e. The van der Waals surface area contributed by atoms with Crippen molar-refractivity contribution in [3.05, 3.63) is 34.8 Å². The van der Waals surface area contributed by atoms with Crippen LogP contribution in [0.25, 0.3) is 0 Å². The maximum Gasteiger partial charge on any atom is 0.266 e. The number of hydrogen-bond acceptors (Lipinski definition) is 5. The Labute approximate surface area is 160 Å². The van der Waals surface area contributed by atoms with Crippen molar-refractivity contribution in [3.63, 3.8) is 0 Å². The molecule has 1 amide bonds. The summed E-state index contributed by atoms with van der Waals surface area (Å²) in [6.45, 7) is 12.5. The fourth-order valence-corrected chi connectivity index (χ4v) is 3.60. The molecule has 0 radical (unpaired) electrons. The minimum Gasteiger partial charge on any atom is -0.481 e. The maximum absolute atomic E-state index is 12.4. The zero-order valence-electron chi connectivity index (χ0n) is 16.5. The van der Waals surface area contributed by atoms with E-state index in [0.717, 1.165) is 17.8 Å². The van der Waals surface area contributed by atoms with Crippen molar-refractivity contribution >= 4 is 22.4 Å². The third-order valence-electron chi connectivity index (χ3n) is 4.41. The number of anilines is 1. The molecule has 1 unspecified atom stereocenters. The molecule has 0 saturated heterocycles. The average Bonchev–Trinajstić information content (AvgIpc) is 3.04. The molecule has 0 spiro atoms. The van der Waals surface area contributed by atoms with Gasteiger partial charge in [0.25, 0.3) is 5.91 Å². The fraction of sp³-hybridized carbons (Fsp3) is 0.550. The van der Waals surface area contributed by atoms with Crippen LogP contribution in [0.5, 0.6) is 5.75 Å². The number of carbonyl (C=O) groups is 1. The van der Waals surface area contributed by atoms with Gasteiger partial charge in [0.1, 0.15) is 10.8 Å². The highest BCUT2D eigenvalue weighted by molar-refractivity contribution is 7.15. The third-order valence-corrected chi connectivity index (χ3v) is 5.41. The van der Waals surface area contributed by atoms with E-state index < -0.39 is 6.10 Å². The van der Waals surface area contributed by atoms with Crippen molar-refractivity contribution in [1.29, 1.82) is 0 Å². The number of hydrogen-bond donors (Lipinski definition) is 1.